The van der Waals surface area contributed by atoms with Crippen LogP contribution in [-0.2, 0) is 0 Å². The molecule has 0 unspecified atom stereocenters. The van der Waals surface area contributed by atoms with Crippen molar-refractivity contribution in [2.75, 3.05) is 0 Å². The molecule has 0 spiro atoms. The van der Waals surface area contributed by atoms with Crippen molar-refractivity contribution in [1.82, 2.24) is 0 Å². The molecule has 2 rings (SSSR count). The van der Waals surface area contributed by atoms with Gasteiger partial charge in [-0.2, -0.15) is 0 Å². The lowest BCUT2D eigenvalue weighted by Crippen LogP contribution is -1.89. The molecule has 0 aromatic heterocycles. The summed E-state index contributed by atoms with van der Waals surface area (Å²) in [4.78, 5) is 10.9. The lowest BCUT2D eigenvalue weighted by molar-refractivity contribution is 0.108. The summed E-state index contributed by atoms with van der Waals surface area (Å²) in [5, 5.41) is 0.380. The van der Waals surface area contributed by atoms with Crippen molar-refractivity contribution >= 4 is 40.0 Å². The Bertz CT molecular complexity index is 579. The van der Waals surface area contributed by atoms with E-state index in [9.17, 15) is 4.79 Å². The number of benzene rings is 2. The molecule has 18 heavy (non-hydrogen) atoms. The van der Waals surface area contributed by atoms with Crippen LogP contribution in [0, 0.1) is 0 Å². The Morgan fingerprint density at radius 3 is 2.06 bits per heavy atom. The van der Waals surface area contributed by atoms with Crippen LogP contribution in [-0.4, -0.2) is 5.24 Å². The van der Waals surface area contributed by atoms with Gasteiger partial charge in [0, 0.05) is 11.6 Å². The van der Waals surface area contributed by atoms with E-state index >= 15 is 0 Å². The normalized spacial score (nSPS) is 10.2. The Labute approximate surface area is 119 Å². The Hall–Kier alpha value is -1.22. The molecule has 0 radical (unpaired) electrons. The molecule has 2 aromatic carbocycles. The van der Waals surface area contributed by atoms with Gasteiger partial charge >= 0.3 is 0 Å². The maximum Gasteiger partial charge on any atom is 0.252 e. The van der Waals surface area contributed by atoms with Gasteiger partial charge in [-0.05, 0) is 48.0 Å². The van der Waals surface area contributed by atoms with E-state index in [4.69, 9.17) is 39.5 Å². The molecular formula is C13H7Cl3O2. The van der Waals surface area contributed by atoms with Crippen molar-refractivity contribution in [3.05, 3.63) is 58.1 Å². The van der Waals surface area contributed by atoms with Crippen molar-refractivity contribution in [2.24, 2.45) is 0 Å². The molecule has 0 aliphatic rings. The Kier molecular flexibility index (Phi) is 4.12. The summed E-state index contributed by atoms with van der Waals surface area (Å²) in [6.07, 6.45) is 0. The first-order chi connectivity index (χ1) is 8.56. The summed E-state index contributed by atoms with van der Waals surface area (Å²) in [6.45, 7) is 0. The average molecular weight is 302 g/mol. The Morgan fingerprint density at radius 1 is 0.889 bits per heavy atom. The molecular weight excluding hydrogens is 295 g/mol. The van der Waals surface area contributed by atoms with E-state index in [0.29, 0.717) is 27.1 Å². The number of ether oxygens (including phenoxy) is 1. The third kappa shape index (κ3) is 3.16. The molecule has 5 heteroatoms. The third-order valence-corrected chi connectivity index (χ3v) is 3.17. The summed E-state index contributed by atoms with van der Waals surface area (Å²) >= 11 is 17.0. The Morgan fingerprint density at radius 2 is 1.50 bits per heavy atom. The van der Waals surface area contributed by atoms with Crippen LogP contribution in [0.15, 0.2) is 42.5 Å². The number of hydrogen-bond donors (Lipinski definition) is 0. The molecule has 0 heterocycles. The number of rotatable bonds is 3. The summed E-state index contributed by atoms with van der Waals surface area (Å²) in [7, 11) is 0. The van der Waals surface area contributed by atoms with Gasteiger partial charge in [0.2, 0.25) is 0 Å². The monoisotopic (exact) mass is 300 g/mol. The molecule has 0 atom stereocenters. The van der Waals surface area contributed by atoms with E-state index in [0.717, 1.165) is 0 Å². The van der Waals surface area contributed by atoms with Crippen molar-refractivity contribution in [3.8, 4) is 11.5 Å². The molecule has 0 saturated heterocycles. The minimum atomic E-state index is -0.504. The molecule has 92 valence electrons. The summed E-state index contributed by atoms with van der Waals surface area (Å²) < 4.78 is 5.55. The van der Waals surface area contributed by atoms with Crippen LogP contribution < -0.4 is 4.74 Å². The first-order valence-electron chi connectivity index (χ1n) is 4.99. The van der Waals surface area contributed by atoms with Crippen LogP contribution >= 0.6 is 34.8 Å². The molecule has 0 saturated carbocycles. The predicted molar refractivity (Wildman–Crippen MR) is 73.2 cm³/mol. The number of carbonyl (C=O) groups is 1. The quantitative estimate of drug-likeness (QED) is 0.731. The number of carbonyl (C=O) groups excluding carboxylic acids is 1. The van der Waals surface area contributed by atoms with Gasteiger partial charge in [-0.25, -0.2) is 0 Å². The van der Waals surface area contributed by atoms with E-state index in [2.05, 4.69) is 0 Å². The van der Waals surface area contributed by atoms with Gasteiger partial charge in [-0.3, -0.25) is 4.79 Å². The standard InChI is InChI=1S/C13H7Cl3O2/c14-11-6-5-10(7-12(11)15)18-9-3-1-8(2-4-9)13(16)17/h1-7H. The topological polar surface area (TPSA) is 26.3 Å². The minimum absolute atomic E-state index is 0.415. The fourth-order valence-corrected chi connectivity index (χ4v) is 1.74. The smallest absolute Gasteiger partial charge is 0.252 e. The van der Waals surface area contributed by atoms with E-state index in [1.165, 1.54) is 0 Å². The highest BCUT2D eigenvalue weighted by molar-refractivity contribution is 6.67. The summed E-state index contributed by atoms with van der Waals surface area (Å²) in [5.74, 6) is 1.14. The predicted octanol–water partition coefficient (Wildman–Crippen LogP) is 5.16. The maximum atomic E-state index is 10.9. The summed E-state index contributed by atoms with van der Waals surface area (Å²) in [6, 6.07) is 11.4. The van der Waals surface area contributed by atoms with Gasteiger partial charge in [0.25, 0.3) is 5.24 Å². The second-order valence-corrected chi connectivity index (χ2v) is 4.63. The largest absolute Gasteiger partial charge is 0.457 e. The highest BCUT2D eigenvalue weighted by Crippen LogP contribution is 2.29. The van der Waals surface area contributed by atoms with Crippen LogP contribution in [0.2, 0.25) is 10.0 Å². The molecule has 0 fully saturated rings. The van der Waals surface area contributed by atoms with Gasteiger partial charge in [0.1, 0.15) is 11.5 Å². The zero-order valence-electron chi connectivity index (χ0n) is 8.99. The van der Waals surface area contributed by atoms with Crippen molar-refractivity contribution in [3.63, 3.8) is 0 Å². The van der Waals surface area contributed by atoms with Crippen LogP contribution in [0.1, 0.15) is 10.4 Å². The Balaban J connectivity index is 2.18. The SMILES string of the molecule is O=C(Cl)c1ccc(Oc2ccc(Cl)c(Cl)c2)cc1. The van der Waals surface area contributed by atoms with E-state index < -0.39 is 5.24 Å². The first-order valence-corrected chi connectivity index (χ1v) is 6.12. The highest BCUT2D eigenvalue weighted by atomic mass is 35.5. The second-order valence-electron chi connectivity index (χ2n) is 3.48. The van der Waals surface area contributed by atoms with Gasteiger partial charge in [-0.15, -0.1) is 0 Å². The second kappa shape index (κ2) is 5.61. The van der Waals surface area contributed by atoms with Crippen molar-refractivity contribution in [1.29, 1.82) is 0 Å². The van der Waals surface area contributed by atoms with Crippen LogP contribution in [0.25, 0.3) is 0 Å². The van der Waals surface area contributed by atoms with Gasteiger partial charge < -0.3 is 4.74 Å². The van der Waals surface area contributed by atoms with E-state index in [1.807, 2.05) is 0 Å². The zero-order valence-corrected chi connectivity index (χ0v) is 11.3. The molecule has 0 aliphatic carbocycles. The molecule has 2 nitrogen and oxygen atoms in total. The maximum absolute atomic E-state index is 10.9. The molecule has 0 aliphatic heterocycles. The third-order valence-electron chi connectivity index (χ3n) is 2.21. The van der Waals surface area contributed by atoms with Gasteiger partial charge in [0.15, 0.2) is 0 Å². The van der Waals surface area contributed by atoms with Gasteiger partial charge in [0.05, 0.1) is 10.0 Å². The van der Waals surface area contributed by atoms with Crippen LogP contribution in [0.3, 0.4) is 0 Å². The van der Waals surface area contributed by atoms with Crippen molar-refractivity contribution in [2.45, 2.75) is 0 Å². The number of hydrogen-bond acceptors (Lipinski definition) is 2. The van der Waals surface area contributed by atoms with Crippen molar-refractivity contribution < 1.29 is 9.53 Å². The number of halogens is 3. The fourth-order valence-electron chi connectivity index (χ4n) is 1.33. The van der Waals surface area contributed by atoms with E-state index in [1.54, 1.807) is 42.5 Å². The first kappa shape index (κ1) is 13.2. The molecule has 2 aromatic rings. The molecule has 0 bridgehead atoms. The minimum Gasteiger partial charge on any atom is -0.457 e. The van der Waals surface area contributed by atoms with Crippen LogP contribution in [0.5, 0.6) is 11.5 Å². The fraction of sp³-hybridized carbons (Fsp3) is 0. The van der Waals surface area contributed by atoms with E-state index in [-0.39, 0.29) is 0 Å². The van der Waals surface area contributed by atoms with Crippen LogP contribution in [0.4, 0.5) is 0 Å². The lowest BCUT2D eigenvalue weighted by Gasteiger charge is -2.06. The lowest BCUT2D eigenvalue weighted by atomic mass is 10.2. The highest BCUT2D eigenvalue weighted by Gasteiger charge is 2.04. The molecule has 0 N–H and O–H groups in total. The molecule has 0 amide bonds. The average Bonchev–Trinajstić information content (AvgIpc) is 2.34. The summed E-state index contributed by atoms with van der Waals surface area (Å²) in [5.41, 5.74) is 0.415. The van der Waals surface area contributed by atoms with Gasteiger partial charge in [-0.1, -0.05) is 23.2 Å². The zero-order chi connectivity index (χ0) is 13.1.